The second-order valence-corrected chi connectivity index (χ2v) is 5.86. The Morgan fingerprint density at radius 3 is 2.73 bits per heavy atom. The topological polar surface area (TPSA) is 60.7 Å². The molecule has 2 heterocycles. The normalized spacial score (nSPS) is 10.6. The van der Waals surface area contributed by atoms with Gasteiger partial charge in [0.15, 0.2) is 0 Å². The second kappa shape index (κ2) is 6.37. The lowest BCUT2D eigenvalue weighted by molar-refractivity contribution is 0.103. The molecule has 0 aliphatic rings. The third kappa shape index (κ3) is 3.23. The van der Waals surface area contributed by atoms with E-state index in [0.717, 1.165) is 10.0 Å². The minimum absolute atomic E-state index is 0.198. The summed E-state index contributed by atoms with van der Waals surface area (Å²) in [5.74, 6) is -0.198. The number of hydrogen-bond acceptors (Lipinski definition) is 4. The predicted octanol–water partition coefficient (Wildman–Crippen LogP) is 3.37. The Kier molecular flexibility index (Phi) is 4.31. The van der Waals surface area contributed by atoms with Gasteiger partial charge in [0.25, 0.3) is 0 Å². The molecule has 0 fully saturated rings. The fourth-order valence-electron chi connectivity index (χ4n) is 1.96. The molecule has 0 saturated heterocycles. The molecule has 7 heteroatoms. The van der Waals surface area contributed by atoms with E-state index in [0.29, 0.717) is 22.8 Å². The molecule has 1 aromatic carbocycles. The molecule has 0 aliphatic heterocycles. The van der Waals surface area contributed by atoms with Crippen molar-refractivity contribution in [1.82, 2.24) is 19.7 Å². The molecule has 0 spiro atoms. The first-order valence-electron chi connectivity index (χ1n) is 6.40. The Morgan fingerprint density at radius 1 is 1.23 bits per heavy atom. The number of aromatic nitrogens is 4. The average molecular weight is 378 g/mol. The van der Waals surface area contributed by atoms with E-state index in [1.165, 1.54) is 18.7 Å². The molecule has 0 bridgehead atoms. The quantitative estimate of drug-likeness (QED) is 0.654. The van der Waals surface area contributed by atoms with Gasteiger partial charge >= 0.3 is 0 Å². The third-order valence-corrected chi connectivity index (χ3v) is 4.24. The molecule has 0 atom stereocenters. The van der Waals surface area contributed by atoms with Crippen LogP contribution in [0.4, 0.5) is 0 Å². The van der Waals surface area contributed by atoms with Gasteiger partial charge in [0.05, 0.1) is 17.1 Å². The van der Waals surface area contributed by atoms with Crippen molar-refractivity contribution in [1.29, 1.82) is 0 Å². The first-order valence-corrected chi connectivity index (χ1v) is 7.57. The molecule has 0 radical (unpaired) electrons. The number of ketones is 1. The highest BCUT2D eigenvalue weighted by atomic mass is 79.9. The first kappa shape index (κ1) is 14.9. The van der Waals surface area contributed by atoms with Crippen molar-refractivity contribution in [2.75, 3.05) is 0 Å². The van der Waals surface area contributed by atoms with Gasteiger partial charge in [-0.05, 0) is 39.7 Å². The first-order chi connectivity index (χ1) is 10.6. The van der Waals surface area contributed by atoms with Gasteiger partial charge < -0.3 is 0 Å². The third-order valence-electron chi connectivity index (χ3n) is 3.02. The van der Waals surface area contributed by atoms with Crippen LogP contribution in [0.5, 0.6) is 0 Å². The van der Waals surface area contributed by atoms with E-state index in [-0.39, 0.29) is 5.78 Å². The number of nitrogens with zero attached hydrogens (tertiary/aromatic N) is 4. The summed E-state index contributed by atoms with van der Waals surface area (Å²) in [6, 6.07) is 7.34. The fraction of sp³-hybridized carbons (Fsp3) is 0.0667. The van der Waals surface area contributed by atoms with Crippen molar-refractivity contribution in [3.05, 3.63) is 75.5 Å². The van der Waals surface area contributed by atoms with Crippen LogP contribution in [0, 0.1) is 0 Å². The predicted molar refractivity (Wildman–Crippen MR) is 85.9 cm³/mol. The summed E-state index contributed by atoms with van der Waals surface area (Å²) in [4.78, 5) is 19.9. The van der Waals surface area contributed by atoms with E-state index in [1.807, 2.05) is 18.2 Å². The zero-order chi connectivity index (χ0) is 15.5. The van der Waals surface area contributed by atoms with Crippen molar-refractivity contribution in [2.45, 2.75) is 6.54 Å². The average Bonchev–Trinajstić information content (AvgIpc) is 2.99. The fourth-order valence-corrected chi connectivity index (χ4v) is 2.50. The molecule has 0 saturated carbocycles. The van der Waals surface area contributed by atoms with Crippen molar-refractivity contribution in [3.63, 3.8) is 0 Å². The molecule has 0 N–H and O–H groups in total. The summed E-state index contributed by atoms with van der Waals surface area (Å²) in [7, 11) is 0. The summed E-state index contributed by atoms with van der Waals surface area (Å²) >= 11 is 9.36. The number of carbonyl (C=O) groups is 1. The van der Waals surface area contributed by atoms with Gasteiger partial charge in [0.1, 0.15) is 12.0 Å². The van der Waals surface area contributed by atoms with Crippen LogP contribution in [-0.4, -0.2) is 25.5 Å². The van der Waals surface area contributed by atoms with Crippen LogP contribution in [0.1, 0.15) is 21.6 Å². The number of hydrogen-bond donors (Lipinski definition) is 0. The van der Waals surface area contributed by atoms with Crippen LogP contribution in [0.2, 0.25) is 5.02 Å². The largest absolute Gasteiger partial charge is 0.287 e. The molecule has 0 unspecified atom stereocenters. The molecule has 0 amide bonds. The second-order valence-electron chi connectivity index (χ2n) is 4.60. The Bertz CT molecular complexity index is 819. The molecular formula is C15H10BrClN4O. The summed E-state index contributed by atoms with van der Waals surface area (Å²) in [6.45, 7) is 0.550. The Balaban J connectivity index is 1.79. The van der Waals surface area contributed by atoms with Crippen LogP contribution >= 0.6 is 27.5 Å². The van der Waals surface area contributed by atoms with Crippen LogP contribution < -0.4 is 0 Å². The van der Waals surface area contributed by atoms with Crippen molar-refractivity contribution in [2.24, 2.45) is 0 Å². The van der Waals surface area contributed by atoms with Gasteiger partial charge in [0, 0.05) is 23.1 Å². The minimum atomic E-state index is -0.198. The van der Waals surface area contributed by atoms with Crippen LogP contribution in [0.15, 0.2) is 53.7 Å². The molecule has 22 heavy (non-hydrogen) atoms. The molecule has 110 valence electrons. The number of halogens is 2. The van der Waals surface area contributed by atoms with E-state index in [9.17, 15) is 4.79 Å². The van der Waals surface area contributed by atoms with Crippen molar-refractivity contribution >= 4 is 33.3 Å². The SMILES string of the molecule is O=C(c1cncnc1)c1ccn(Cc2ccc(Cl)c(Br)c2)n1. The highest BCUT2D eigenvalue weighted by molar-refractivity contribution is 9.10. The van der Waals surface area contributed by atoms with Crippen LogP contribution in [0.3, 0.4) is 0 Å². The van der Waals surface area contributed by atoms with Gasteiger partial charge in [-0.2, -0.15) is 5.10 Å². The van der Waals surface area contributed by atoms with E-state index >= 15 is 0 Å². The zero-order valence-corrected chi connectivity index (χ0v) is 13.6. The van der Waals surface area contributed by atoms with Gasteiger partial charge in [-0.15, -0.1) is 0 Å². The molecule has 2 aromatic heterocycles. The highest BCUT2D eigenvalue weighted by Crippen LogP contribution is 2.23. The Hall–Kier alpha value is -2.05. The lowest BCUT2D eigenvalue weighted by Gasteiger charge is -2.04. The van der Waals surface area contributed by atoms with E-state index in [2.05, 4.69) is 31.0 Å². The number of rotatable bonds is 4. The summed E-state index contributed by atoms with van der Waals surface area (Å²) in [5.41, 5.74) is 1.81. The zero-order valence-electron chi connectivity index (χ0n) is 11.3. The number of carbonyl (C=O) groups excluding carboxylic acids is 1. The van der Waals surface area contributed by atoms with Gasteiger partial charge in [-0.1, -0.05) is 17.7 Å². The lowest BCUT2D eigenvalue weighted by atomic mass is 10.2. The maximum absolute atomic E-state index is 12.2. The maximum Gasteiger partial charge on any atom is 0.216 e. The summed E-state index contributed by atoms with van der Waals surface area (Å²) in [5, 5.41) is 4.95. The smallest absolute Gasteiger partial charge is 0.216 e. The Labute approximate surface area is 140 Å². The van der Waals surface area contributed by atoms with Crippen molar-refractivity contribution in [3.8, 4) is 0 Å². The molecule has 0 aliphatic carbocycles. The molecule has 3 aromatic rings. The molecule has 3 rings (SSSR count). The summed E-state index contributed by atoms with van der Waals surface area (Å²) < 4.78 is 2.53. The van der Waals surface area contributed by atoms with Crippen LogP contribution in [-0.2, 0) is 6.54 Å². The van der Waals surface area contributed by atoms with Crippen molar-refractivity contribution < 1.29 is 4.79 Å². The Morgan fingerprint density at radius 2 is 2.00 bits per heavy atom. The lowest BCUT2D eigenvalue weighted by Crippen LogP contribution is -2.06. The molecule has 5 nitrogen and oxygen atoms in total. The maximum atomic E-state index is 12.2. The number of benzene rings is 1. The monoisotopic (exact) mass is 376 g/mol. The van der Waals surface area contributed by atoms with E-state index < -0.39 is 0 Å². The van der Waals surface area contributed by atoms with E-state index in [4.69, 9.17) is 11.6 Å². The minimum Gasteiger partial charge on any atom is -0.287 e. The van der Waals surface area contributed by atoms with Gasteiger partial charge in [0.2, 0.25) is 5.78 Å². The highest BCUT2D eigenvalue weighted by Gasteiger charge is 2.13. The van der Waals surface area contributed by atoms with Gasteiger partial charge in [-0.3, -0.25) is 9.48 Å². The van der Waals surface area contributed by atoms with Crippen LogP contribution in [0.25, 0.3) is 0 Å². The summed E-state index contributed by atoms with van der Waals surface area (Å²) in [6.07, 6.45) is 6.10. The van der Waals surface area contributed by atoms with Gasteiger partial charge in [-0.25, -0.2) is 9.97 Å². The van der Waals surface area contributed by atoms with E-state index in [1.54, 1.807) is 16.9 Å². The standard InChI is InChI=1S/C15H10BrClN4O/c16-12-5-10(1-2-13(12)17)8-21-4-3-14(20-21)15(22)11-6-18-9-19-7-11/h1-7,9H,8H2. The molecular weight excluding hydrogens is 368 g/mol.